The Kier molecular flexibility index (Phi) is 5.58. The van der Waals surface area contributed by atoms with Crippen molar-refractivity contribution in [2.24, 2.45) is 5.73 Å². The summed E-state index contributed by atoms with van der Waals surface area (Å²) in [6.45, 7) is 9.41. The van der Waals surface area contributed by atoms with Crippen LogP contribution in [0.1, 0.15) is 40.0 Å². The van der Waals surface area contributed by atoms with Gasteiger partial charge in [0.15, 0.2) is 0 Å². The number of morpholine rings is 1. The summed E-state index contributed by atoms with van der Waals surface area (Å²) in [6.07, 6.45) is 3.85. The van der Waals surface area contributed by atoms with E-state index < -0.39 is 0 Å². The van der Waals surface area contributed by atoms with Crippen LogP contribution in [0.4, 0.5) is 0 Å². The normalized spacial score (nSPS) is 30.4. The van der Waals surface area contributed by atoms with E-state index in [1.54, 1.807) is 0 Å². The fraction of sp³-hybridized carbons (Fsp3) is 1.00. The maximum atomic E-state index is 5.71. The summed E-state index contributed by atoms with van der Waals surface area (Å²) in [6, 6.07) is 1.24. The van der Waals surface area contributed by atoms with E-state index in [1.807, 2.05) is 0 Å². The first-order valence-corrected chi connectivity index (χ1v) is 6.30. The first-order valence-electron chi connectivity index (χ1n) is 6.30. The average molecular weight is 214 g/mol. The van der Waals surface area contributed by atoms with Gasteiger partial charge in [0.25, 0.3) is 0 Å². The second-order valence-electron chi connectivity index (χ2n) is 4.54. The van der Waals surface area contributed by atoms with Crippen LogP contribution >= 0.6 is 0 Å². The van der Waals surface area contributed by atoms with E-state index in [9.17, 15) is 0 Å². The molecule has 3 atom stereocenters. The predicted octanol–water partition coefficient (Wildman–Crippen LogP) is 1.61. The van der Waals surface area contributed by atoms with Crippen molar-refractivity contribution >= 4 is 0 Å². The minimum absolute atomic E-state index is 0.375. The van der Waals surface area contributed by atoms with Crippen molar-refractivity contribution in [2.45, 2.75) is 58.2 Å². The van der Waals surface area contributed by atoms with Gasteiger partial charge in [0, 0.05) is 18.6 Å². The molecule has 0 saturated carbocycles. The molecule has 0 amide bonds. The Labute approximate surface area is 94.0 Å². The molecule has 0 aromatic carbocycles. The summed E-state index contributed by atoms with van der Waals surface area (Å²) in [5, 5.41) is 0. The molecule has 1 rings (SSSR count). The fourth-order valence-corrected chi connectivity index (χ4v) is 2.47. The largest absolute Gasteiger partial charge is 0.376 e. The minimum atomic E-state index is 0.375. The van der Waals surface area contributed by atoms with E-state index in [4.69, 9.17) is 10.5 Å². The number of nitrogens with two attached hydrogens (primary N) is 1. The Hall–Kier alpha value is -0.120. The molecule has 1 aliphatic rings. The Morgan fingerprint density at radius 2 is 2.20 bits per heavy atom. The Morgan fingerprint density at radius 1 is 1.47 bits per heavy atom. The molecular formula is C12H26N2O. The molecule has 0 radical (unpaired) electrons. The highest BCUT2D eigenvalue weighted by Crippen LogP contribution is 2.20. The van der Waals surface area contributed by atoms with Gasteiger partial charge >= 0.3 is 0 Å². The van der Waals surface area contributed by atoms with Gasteiger partial charge in [0.05, 0.1) is 12.7 Å². The molecule has 3 unspecified atom stereocenters. The van der Waals surface area contributed by atoms with E-state index in [1.165, 1.54) is 12.8 Å². The lowest BCUT2D eigenvalue weighted by Gasteiger charge is -2.43. The summed E-state index contributed by atoms with van der Waals surface area (Å²) in [5.74, 6) is 0. The zero-order chi connectivity index (χ0) is 11.3. The lowest BCUT2D eigenvalue weighted by Crippen LogP contribution is -2.53. The first kappa shape index (κ1) is 12.9. The molecule has 2 N–H and O–H groups in total. The van der Waals surface area contributed by atoms with E-state index in [0.29, 0.717) is 18.2 Å². The van der Waals surface area contributed by atoms with Crippen LogP contribution in [0.3, 0.4) is 0 Å². The predicted molar refractivity (Wildman–Crippen MR) is 63.9 cm³/mol. The van der Waals surface area contributed by atoms with Crippen LogP contribution in [0.5, 0.6) is 0 Å². The van der Waals surface area contributed by atoms with Gasteiger partial charge in [-0.3, -0.25) is 4.90 Å². The monoisotopic (exact) mass is 214 g/mol. The van der Waals surface area contributed by atoms with E-state index in [2.05, 4.69) is 25.7 Å². The van der Waals surface area contributed by atoms with Crippen molar-refractivity contribution < 1.29 is 4.74 Å². The van der Waals surface area contributed by atoms with Crippen molar-refractivity contribution in [2.75, 3.05) is 19.7 Å². The zero-order valence-electron chi connectivity index (χ0n) is 10.4. The third kappa shape index (κ3) is 3.44. The molecule has 0 aromatic heterocycles. The van der Waals surface area contributed by atoms with Crippen LogP contribution in [0, 0.1) is 0 Å². The lowest BCUT2D eigenvalue weighted by molar-refractivity contribution is -0.0737. The second-order valence-corrected chi connectivity index (χ2v) is 4.54. The van der Waals surface area contributed by atoms with Gasteiger partial charge < -0.3 is 10.5 Å². The van der Waals surface area contributed by atoms with Gasteiger partial charge in [0.1, 0.15) is 0 Å². The van der Waals surface area contributed by atoms with Gasteiger partial charge in [0.2, 0.25) is 0 Å². The Bertz CT molecular complexity index is 175. The van der Waals surface area contributed by atoms with Crippen LogP contribution in [0.25, 0.3) is 0 Å². The number of ether oxygens (including phenoxy) is 1. The topological polar surface area (TPSA) is 38.5 Å². The Balaban J connectivity index is 2.59. The highest BCUT2D eigenvalue weighted by molar-refractivity contribution is 4.83. The highest BCUT2D eigenvalue weighted by atomic mass is 16.5. The first-order chi connectivity index (χ1) is 7.22. The molecular weight excluding hydrogens is 188 g/mol. The molecule has 1 heterocycles. The van der Waals surface area contributed by atoms with Gasteiger partial charge in [-0.15, -0.1) is 0 Å². The van der Waals surface area contributed by atoms with Gasteiger partial charge in [-0.2, -0.15) is 0 Å². The molecule has 0 bridgehead atoms. The van der Waals surface area contributed by atoms with Crippen molar-refractivity contribution in [3.63, 3.8) is 0 Å². The summed E-state index contributed by atoms with van der Waals surface area (Å²) >= 11 is 0. The number of hydrogen-bond acceptors (Lipinski definition) is 3. The highest BCUT2D eigenvalue weighted by Gasteiger charge is 2.29. The van der Waals surface area contributed by atoms with Crippen LogP contribution in [-0.2, 0) is 4.74 Å². The molecule has 1 fully saturated rings. The quantitative estimate of drug-likeness (QED) is 0.755. The van der Waals surface area contributed by atoms with Gasteiger partial charge in [-0.05, 0) is 32.7 Å². The third-order valence-electron chi connectivity index (χ3n) is 3.42. The van der Waals surface area contributed by atoms with Crippen LogP contribution in [0.2, 0.25) is 0 Å². The standard InChI is InChI=1S/C12H26N2O/c1-4-11(6-7-13)14-8-10(3)15-9-12(14)5-2/h10-12H,4-9,13H2,1-3H3. The van der Waals surface area contributed by atoms with E-state index in [-0.39, 0.29) is 0 Å². The fourth-order valence-electron chi connectivity index (χ4n) is 2.47. The van der Waals surface area contributed by atoms with E-state index >= 15 is 0 Å². The maximum Gasteiger partial charge on any atom is 0.0674 e. The lowest BCUT2D eigenvalue weighted by atomic mass is 10.0. The molecule has 3 heteroatoms. The average Bonchev–Trinajstić information content (AvgIpc) is 2.26. The molecule has 0 aromatic rings. The number of nitrogens with zero attached hydrogens (tertiary/aromatic N) is 1. The SMILES string of the molecule is CCC(CCN)N1CC(C)OCC1CC. The summed E-state index contributed by atoms with van der Waals surface area (Å²) in [7, 11) is 0. The summed E-state index contributed by atoms with van der Waals surface area (Å²) in [5.41, 5.74) is 5.68. The Morgan fingerprint density at radius 3 is 2.73 bits per heavy atom. The van der Waals surface area contributed by atoms with Crippen LogP contribution in [-0.4, -0.2) is 42.8 Å². The van der Waals surface area contributed by atoms with Crippen LogP contribution in [0.15, 0.2) is 0 Å². The van der Waals surface area contributed by atoms with Crippen molar-refractivity contribution in [3.05, 3.63) is 0 Å². The van der Waals surface area contributed by atoms with Crippen molar-refractivity contribution in [1.29, 1.82) is 0 Å². The third-order valence-corrected chi connectivity index (χ3v) is 3.42. The zero-order valence-corrected chi connectivity index (χ0v) is 10.4. The molecule has 3 nitrogen and oxygen atoms in total. The number of rotatable bonds is 5. The summed E-state index contributed by atoms with van der Waals surface area (Å²) < 4.78 is 5.71. The molecule has 15 heavy (non-hydrogen) atoms. The van der Waals surface area contributed by atoms with Gasteiger partial charge in [-0.25, -0.2) is 0 Å². The molecule has 0 spiro atoms. The smallest absolute Gasteiger partial charge is 0.0674 e. The van der Waals surface area contributed by atoms with Crippen molar-refractivity contribution in [1.82, 2.24) is 4.90 Å². The molecule has 0 aliphatic carbocycles. The van der Waals surface area contributed by atoms with Crippen molar-refractivity contribution in [3.8, 4) is 0 Å². The van der Waals surface area contributed by atoms with Gasteiger partial charge in [-0.1, -0.05) is 13.8 Å². The van der Waals surface area contributed by atoms with E-state index in [0.717, 1.165) is 26.1 Å². The van der Waals surface area contributed by atoms with Crippen LogP contribution < -0.4 is 5.73 Å². The second kappa shape index (κ2) is 6.46. The number of hydrogen-bond donors (Lipinski definition) is 1. The molecule has 1 saturated heterocycles. The molecule has 90 valence electrons. The maximum absolute atomic E-state index is 5.71. The minimum Gasteiger partial charge on any atom is -0.376 e. The molecule has 1 aliphatic heterocycles. The summed E-state index contributed by atoms with van der Waals surface area (Å²) in [4.78, 5) is 2.61.